The molecule has 1 saturated heterocycles. The Labute approximate surface area is 171 Å². The summed E-state index contributed by atoms with van der Waals surface area (Å²) in [5.41, 5.74) is 3.24. The van der Waals surface area contributed by atoms with Crippen molar-refractivity contribution in [1.29, 1.82) is 0 Å². The molecule has 0 radical (unpaired) electrons. The zero-order chi connectivity index (χ0) is 20.8. The zero-order valence-electron chi connectivity index (χ0n) is 16.9. The van der Waals surface area contributed by atoms with E-state index in [1.807, 2.05) is 50.2 Å². The number of rotatable bonds is 5. The summed E-state index contributed by atoms with van der Waals surface area (Å²) in [6.07, 6.45) is 1.41. The van der Waals surface area contributed by atoms with Gasteiger partial charge in [-0.3, -0.25) is 14.4 Å². The van der Waals surface area contributed by atoms with E-state index < -0.39 is 0 Å². The summed E-state index contributed by atoms with van der Waals surface area (Å²) in [5.74, 6) is -0.429. The smallest absolute Gasteiger partial charge is 0.251 e. The molecule has 0 atom stereocenters. The summed E-state index contributed by atoms with van der Waals surface area (Å²) in [6, 6.07) is 14.8. The van der Waals surface area contributed by atoms with E-state index in [-0.39, 0.29) is 30.3 Å². The quantitative estimate of drug-likeness (QED) is 0.819. The van der Waals surface area contributed by atoms with Gasteiger partial charge in [0.25, 0.3) is 11.8 Å². The Morgan fingerprint density at radius 2 is 1.52 bits per heavy atom. The maximum absolute atomic E-state index is 12.4. The second-order valence-corrected chi connectivity index (χ2v) is 7.55. The molecule has 3 amide bonds. The van der Waals surface area contributed by atoms with Crippen LogP contribution in [0.3, 0.4) is 0 Å². The summed E-state index contributed by atoms with van der Waals surface area (Å²) in [7, 11) is 0. The number of aryl methyl sites for hydroxylation is 2. The maximum Gasteiger partial charge on any atom is 0.251 e. The highest BCUT2D eigenvalue weighted by Crippen LogP contribution is 2.12. The van der Waals surface area contributed by atoms with Crippen molar-refractivity contribution in [2.45, 2.75) is 32.7 Å². The van der Waals surface area contributed by atoms with Crippen LogP contribution < -0.4 is 10.6 Å². The molecule has 0 aromatic heterocycles. The van der Waals surface area contributed by atoms with E-state index in [0.29, 0.717) is 37.1 Å². The Bertz CT molecular complexity index is 867. The Hall–Kier alpha value is -3.15. The van der Waals surface area contributed by atoms with E-state index in [9.17, 15) is 14.4 Å². The highest BCUT2D eigenvalue weighted by atomic mass is 16.2. The van der Waals surface area contributed by atoms with Gasteiger partial charge in [-0.05, 0) is 51.0 Å². The van der Waals surface area contributed by atoms with Gasteiger partial charge in [0.15, 0.2) is 0 Å². The Balaban J connectivity index is 1.44. The van der Waals surface area contributed by atoms with Crippen LogP contribution in [0.5, 0.6) is 0 Å². The second-order valence-electron chi connectivity index (χ2n) is 7.55. The predicted molar refractivity (Wildman–Crippen MR) is 112 cm³/mol. The second kappa shape index (κ2) is 9.37. The molecule has 1 aliphatic heterocycles. The molecule has 152 valence electrons. The molecule has 6 nitrogen and oxygen atoms in total. The number of amides is 3. The van der Waals surface area contributed by atoms with Crippen molar-refractivity contribution in [2.24, 2.45) is 0 Å². The monoisotopic (exact) mass is 393 g/mol. The Morgan fingerprint density at radius 3 is 2.14 bits per heavy atom. The molecule has 1 aliphatic rings. The third-order valence-corrected chi connectivity index (χ3v) is 5.10. The van der Waals surface area contributed by atoms with E-state index in [1.54, 1.807) is 17.0 Å². The van der Waals surface area contributed by atoms with Crippen LogP contribution in [0.15, 0.2) is 48.5 Å². The average Bonchev–Trinajstić information content (AvgIpc) is 2.72. The van der Waals surface area contributed by atoms with Crippen LogP contribution in [0.4, 0.5) is 0 Å². The van der Waals surface area contributed by atoms with E-state index >= 15 is 0 Å². The van der Waals surface area contributed by atoms with Crippen molar-refractivity contribution in [3.05, 3.63) is 70.8 Å². The summed E-state index contributed by atoms with van der Waals surface area (Å²) >= 11 is 0. The van der Waals surface area contributed by atoms with Gasteiger partial charge in [0.05, 0.1) is 6.54 Å². The number of benzene rings is 2. The van der Waals surface area contributed by atoms with Crippen molar-refractivity contribution in [3.63, 3.8) is 0 Å². The van der Waals surface area contributed by atoms with Crippen LogP contribution in [0.25, 0.3) is 0 Å². The van der Waals surface area contributed by atoms with Gasteiger partial charge >= 0.3 is 0 Å². The lowest BCUT2D eigenvalue weighted by molar-refractivity contribution is -0.131. The lowest BCUT2D eigenvalue weighted by atomic mass is 10.0. The summed E-state index contributed by atoms with van der Waals surface area (Å²) in [6.45, 7) is 4.99. The SMILES string of the molecule is Cc1cc(C)cc(C(=O)NCC(=O)N2CCC(NC(=O)c3ccccc3)CC2)c1. The van der Waals surface area contributed by atoms with Crippen LogP contribution >= 0.6 is 0 Å². The average molecular weight is 393 g/mol. The molecule has 0 bridgehead atoms. The molecule has 6 heteroatoms. The molecule has 0 aliphatic carbocycles. The van der Waals surface area contributed by atoms with Crippen LogP contribution in [0, 0.1) is 13.8 Å². The highest BCUT2D eigenvalue weighted by Gasteiger charge is 2.24. The largest absolute Gasteiger partial charge is 0.349 e. The normalized spacial score (nSPS) is 14.3. The first-order chi connectivity index (χ1) is 13.9. The molecule has 3 rings (SSSR count). The van der Waals surface area contributed by atoms with Crippen LogP contribution in [0.2, 0.25) is 0 Å². The first-order valence-electron chi connectivity index (χ1n) is 9.92. The predicted octanol–water partition coefficient (Wildman–Crippen LogP) is 2.45. The zero-order valence-corrected chi connectivity index (χ0v) is 16.9. The van der Waals surface area contributed by atoms with Gasteiger partial charge in [-0.15, -0.1) is 0 Å². The Kier molecular flexibility index (Phi) is 6.65. The number of nitrogens with zero attached hydrogens (tertiary/aromatic N) is 1. The molecular formula is C23H27N3O3. The number of nitrogens with one attached hydrogen (secondary N) is 2. The molecule has 1 fully saturated rings. The van der Waals surface area contributed by atoms with Crippen LogP contribution in [-0.2, 0) is 4.79 Å². The third kappa shape index (κ3) is 5.67. The summed E-state index contributed by atoms with van der Waals surface area (Å²) in [5, 5.41) is 5.75. The lowest BCUT2D eigenvalue weighted by Gasteiger charge is -2.32. The fourth-order valence-corrected chi connectivity index (χ4v) is 3.61. The first kappa shape index (κ1) is 20.6. The number of hydrogen-bond donors (Lipinski definition) is 2. The van der Waals surface area contributed by atoms with E-state index in [1.165, 1.54) is 0 Å². The molecule has 2 aromatic rings. The number of carbonyl (C=O) groups excluding carboxylic acids is 3. The lowest BCUT2D eigenvalue weighted by Crippen LogP contribution is -2.49. The van der Waals surface area contributed by atoms with Crippen molar-refractivity contribution in [3.8, 4) is 0 Å². The molecule has 0 spiro atoms. The molecule has 0 saturated carbocycles. The molecule has 1 heterocycles. The van der Waals surface area contributed by atoms with Crippen molar-refractivity contribution in [1.82, 2.24) is 15.5 Å². The first-order valence-corrected chi connectivity index (χ1v) is 9.92. The van der Waals surface area contributed by atoms with Gasteiger partial charge in [-0.2, -0.15) is 0 Å². The molecular weight excluding hydrogens is 366 g/mol. The van der Waals surface area contributed by atoms with E-state index in [2.05, 4.69) is 10.6 Å². The topological polar surface area (TPSA) is 78.5 Å². The molecule has 2 N–H and O–H groups in total. The van der Waals surface area contributed by atoms with Crippen molar-refractivity contribution < 1.29 is 14.4 Å². The summed E-state index contributed by atoms with van der Waals surface area (Å²) < 4.78 is 0. The molecule has 0 unspecified atom stereocenters. The van der Waals surface area contributed by atoms with Gasteiger partial charge in [0.2, 0.25) is 5.91 Å². The van der Waals surface area contributed by atoms with E-state index in [0.717, 1.165) is 11.1 Å². The van der Waals surface area contributed by atoms with Crippen LogP contribution in [0.1, 0.15) is 44.7 Å². The number of carbonyl (C=O) groups is 3. The number of hydrogen-bond acceptors (Lipinski definition) is 3. The maximum atomic E-state index is 12.4. The minimum Gasteiger partial charge on any atom is -0.349 e. The minimum atomic E-state index is -0.241. The molecule has 29 heavy (non-hydrogen) atoms. The highest BCUT2D eigenvalue weighted by molar-refractivity contribution is 5.97. The fourth-order valence-electron chi connectivity index (χ4n) is 3.61. The Morgan fingerprint density at radius 1 is 0.897 bits per heavy atom. The fraction of sp³-hybridized carbons (Fsp3) is 0.348. The minimum absolute atomic E-state index is 0.0210. The van der Waals surface area contributed by atoms with Crippen molar-refractivity contribution in [2.75, 3.05) is 19.6 Å². The van der Waals surface area contributed by atoms with Gasteiger partial charge < -0.3 is 15.5 Å². The van der Waals surface area contributed by atoms with Crippen molar-refractivity contribution >= 4 is 17.7 Å². The number of piperidine rings is 1. The van der Waals surface area contributed by atoms with Crippen LogP contribution in [-0.4, -0.2) is 48.3 Å². The standard InChI is InChI=1S/C23H27N3O3/c1-16-12-17(2)14-19(13-16)22(28)24-15-21(27)26-10-8-20(9-11-26)25-23(29)18-6-4-3-5-7-18/h3-7,12-14,20H,8-11,15H2,1-2H3,(H,24,28)(H,25,29). The van der Waals surface area contributed by atoms with Gasteiger partial charge in [-0.1, -0.05) is 35.4 Å². The van der Waals surface area contributed by atoms with Gasteiger partial charge in [-0.25, -0.2) is 0 Å². The van der Waals surface area contributed by atoms with E-state index in [4.69, 9.17) is 0 Å². The third-order valence-electron chi connectivity index (χ3n) is 5.10. The van der Waals surface area contributed by atoms with Gasteiger partial charge in [0, 0.05) is 30.3 Å². The summed E-state index contributed by atoms with van der Waals surface area (Å²) in [4.78, 5) is 38.7. The van der Waals surface area contributed by atoms with Gasteiger partial charge in [0.1, 0.15) is 0 Å². The molecule has 2 aromatic carbocycles. The number of likely N-dealkylation sites (tertiary alicyclic amines) is 1.